The van der Waals surface area contributed by atoms with Gasteiger partial charge in [-0.2, -0.15) is 16.3 Å². The molecule has 0 unspecified atom stereocenters. The average Bonchev–Trinajstić information content (AvgIpc) is 3.33. The minimum absolute atomic E-state index is 0.428. The number of para-hydroxylation sites is 1. The maximum Gasteiger partial charge on any atom is 0.330 e. The Kier molecular flexibility index (Phi) is 5.72. The Morgan fingerprint density at radius 1 is 1.03 bits per heavy atom. The number of benzene rings is 2. The topological polar surface area (TPSA) is 70.5 Å². The molecule has 0 N–H and O–H groups in total. The minimum atomic E-state index is -0.428. The second-order valence-electron chi connectivity index (χ2n) is 6.25. The lowest BCUT2D eigenvalue weighted by atomic mass is 10.2. The molecule has 150 valence electrons. The zero-order valence-corrected chi connectivity index (χ0v) is 17.2. The third kappa shape index (κ3) is 4.16. The summed E-state index contributed by atoms with van der Waals surface area (Å²) in [6.07, 6.45) is 2.99. The number of thiophene rings is 1. The number of fused-ring (bicyclic) bond motifs is 1. The lowest BCUT2D eigenvalue weighted by Gasteiger charge is -2.13. The Bertz CT molecular complexity index is 1220. The maximum atomic E-state index is 11.3. The highest BCUT2D eigenvalue weighted by atomic mass is 32.1. The van der Waals surface area contributed by atoms with Crippen LogP contribution in [-0.2, 0) is 9.53 Å². The molecule has 0 aliphatic heterocycles. The van der Waals surface area contributed by atoms with Gasteiger partial charge < -0.3 is 14.2 Å². The molecule has 0 saturated carbocycles. The first-order valence-electron chi connectivity index (χ1n) is 9.09. The van der Waals surface area contributed by atoms with Crippen molar-refractivity contribution in [2.24, 2.45) is 0 Å². The van der Waals surface area contributed by atoms with Crippen LogP contribution < -0.4 is 9.47 Å². The standard InChI is InChI=1S/C23H18N2O4S/c1-27-20-13-15(8-10-21(26)28-2)7-9-19(20)29-23-17-5-3-4-6-18(17)24-22(25-23)16-11-12-30-14-16/h3-14H,1-2H3/b10-8+. The molecule has 2 aromatic carbocycles. The van der Waals surface area contributed by atoms with Crippen molar-refractivity contribution < 1.29 is 19.0 Å². The Labute approximate surface area is 177 Å². The summed E-state index contributed by atoms with van der Waals surface area (Å²) in [6.45, 7) is 0. The summed E-state index contributed by atoms with van der Waals surface area (Å²) >= 11 is 1.59. The molecule has 0 atom stereocenters. The molecule has 0 radical (unpaired) electrons. The first kappa shape index (κ1) is 19.6. The van der Waals surface area contributed by atoms with Gasteiger partial charge in [0.2, 0.25) is 5.88 Å². The Hall–Kier alpha value is -3.71. The normalized spacial score (nSPS) is 11.0. The number of carbonyl (C=O) groups is 1. The third-order valence-electron chi connectivity index (χ3n) is 4.35. The van der Waals surface area contributed by atoms with E-state index in [-0.39, 0.29) is 0 Å². The highest BCUT2D eigenvalue weighted by Crippen LogP contribution is 2.36. The van der Waals surface area contributed by atoms with Crippen LogP contribution in [0, 0.1) is 0 Å². The largest absolute Gasteiger partial charge is 0.493 e. The molecule has 30 heavy (non-hydrogen) atoms. The van der Waals surface area contributed by atoms with Crippen LogP contribution in [0.15, 0.2) is 65.4 Å². The van der Waals surface area contributed by atoms with Crippen LogP contribution in [0.3, 0.4) is 0 Å². The summed E-state index contributed by atoms with van der Waals surface area (Å²) < 4.78 is 16.3. The van der Waals surface area contributed by atoms with Crippen LogP contribution in [0.5, 0.6) is 17.4 Å². The number of rotatable bonds is 6. The van der Waals surface area contributed by atoms with E-state index in [2.05, 4.69) is 14.7 Å². The monoisotopic (exact) mass is 418 g/mol. The Morgan fingerprint density at radius 2 is 1.90 bits per heavy atom. The van der Waals surface area contributed by atoms with Crippen molar-refractivity contribution in [2.75, 3.05) is 14.2 Å². The lowest BCUT2D eigenvalue weighted by molar-refractivity contribution is -0.134. The predicted molar refractivity (Wildman–Crippen MR) is 117 cm³/mol. The van der Waals surface area contributed by atoms with E-state index in [1.165, 1.54) is 13.2 Å². The van der Waals surface area contributed by atoms with Crippen LogP contribution >= 0.6 is 11.3 Å². The van der Waals surface area contributed by atoms with Crippen molar-refractivity contribution in [3.63, 3.8) is 0 Å². The number of aromatic nitrogens is 2. The van der Waals surface area contributed by atoms with Gasteiger partial charge in [-0.1, -0.05) is 18.2 Å². The molecule has 4 rings (SSSR count). The molecule has 0 aliphatic rings. The number of methoxy groups -OCH3 is 2. The molecule has 2 heterocycles. The van der Waals surface area contributed by atoms with E-state index in [0.717, 1.165) is 22.0 Å². The van der Waals surface area contributed by atoms with Crippen molar-refractivity contribution in [3.05, 3.63) is 70.9 Å². The van der Waals surface area contributed by atoms with Gasteiger partial charge in [-0.15, -0.1) is 0 Å². The van der Waals surface area contributed by atoms with Crippen molar-refractivity contribution in [2.45, 2.75) is 0 Å². The van der Waals surface area contributed by atoms with E-state index < -0.39 is 5.97 Å². The molecule has 0 aliphatic carbocycles. The van der Waals surface area contributed by atoms with Crippen LogP contribution in [0.2, 0.25) is 0 Å². The van der Waals surface area contributed by atoms with E-state index in [1.807, 2.05) is 47.2 Å². The fourth-order valence-corrected chi connectivity index (χ4v) is 3.49. The van der Waals surface area contributed by atoms with Gasteiger partial charge in [-0.05, 0) is 47.4 Å². The smallest absolute Gasteiger partial charge is 0.330 e. The highest BCUT2D eigenvalue weighted by molar-refractivity contribution is 7.08. The van der Waals surface area contributed by atoms with E-state index >= 15 is 0 Å². The lowest BCUT2D eigenvalue weighted by Crippen LogP contribution is -1.97. The van der Waals surface area contributed by atoms with Crippen LogP contribution in [0.25, 0.3) is 28.4 Å². The minimum Gasteiger partial charge on any atom is -0.493 e. The van der Waals surface area contributed by atoms with Gasteiger partial charge >= 0.3 is 5.97 Å². The van der Waals surface area contributed by atoms with Crippen LogP contribution in [-0.4, -0.2) is 30.2 Å². The van der Waals surface area contributed by atoms with Gasteiger partial charge in [0, 0.05) is 17.0 Å². The highest BCUT2D eigenvalue weighted by Gasteiger charge is 2.14. The zero-order valence-electron chi connectivity index (χ0n) is 16.4. The van der Waals surface area contributed by atoms with Gasteiger partial charge in [0.15, 0.2) is 17.3 Å². The number of carbonyl (C=O) groups excluding carboxylic acids is 1. The van der Waals surface area contributed by atoms with Crippen LogP contribution in [0.1, 0.15) is 5.56 Å². The molecule has 0 fully saturated rings. The van der Waals surface area contributed by atoms with Crippen molar-refractivity contribution in [1.82, 2.24) is 9.97 Å². The van der Waals surface area contributed by atoms with Crippen molar-refractivity contribution >= 4 is 34.3 Å². The quantitative estimate of drug-likeness (QED) is 0.311. The molecule has 4 aromatic rings. The van der Waals surface area contributed by atoms with E-state index in [9.17, 15) is 4.79 Å². The Balaban J connectivity index is 1.73. The number of ether oxygens (including phenoxy) is 3. The predicted octanol–water partition coefficient (Wildman–Crippen LogP) is 5.35. The van der Waals surface area contributed by atoms with Crippen molar-refractivity contribution in [1.29, 1.82) is 0 Å². The van der Waals surface area contributed by atoms with Gasteiger partial charge in [0.25, 0.3) is 0 Å². The van der Waals surface area contributed by atoms with E-state index in [0.29, 0.717) is 23.2 Å². The van der Waals surface area contributed by atoms with Gasteiger partial charge in [-0.25, -0.2) is 9.78 Å². The average molecular weight is 418 g/mol. The SMILES string of the molecule is COC(=O)/C=C/c1ccc(Oc2nc(-c3ccsc3)nc3ccccc23)c(OC)c1. The second-order valence-corrected chi connectivity index (χ2v) is 7.03. The third-order valence-corrected chi connectivity index (χ3v) is 5.04. The molecule has 0 saturated heterocycles. The summed E-state index contributed by atoms with van der Waals surface area (Å²) in [4.78, 5) is 20.6. The van der Waals surface area contributed by atoms with E-state index in [4.69, 9.17) is 9.47 Å². The summed E-state index contributed by atoms with van der Waals surface area (Å²) in [5.74, 6) is 1.64. The van der Waals surface area contributed by atoms with Gasteiger partial charge in [0.05, 0.1) is 25.1 Å². The number of hydrogen-bond acceptors (Lipinski definition) is 7. The fourth-order valence-electron chi connectivity index (χ4n) is 2.85. The van der Waals surface area contributed by atoms with Crippen molar-refractivity contribution in [3.8, 4) is 28.8 Å². The molecule has 0 bridgehead atoms. The number of esters is 1. The summed E-state index contributed by atoms with van der Waals surface area (Å²) in [5, 5.41) is 4.78. The number of hydrogen-bond donors (Lipinski definition) is 0. The van der Waals surface area contributed by atoms with Gasteiger partial charge in [0.1, 0.15) is 0 Å². The second kappa shape index (κ2) is 8.75. The van der Waals surface area contributed by atoms with Gasteiger partial charge in [-0.3, -0.25) is 0 Å². The molecule has 7 heteroatoms. The maximum absolute atomic E-state index is 11.3. The molecule has 2 aromatic heterocycles. The van der Waals surface area contributed by atoms with E-state index in [1.54, 1.807) is 36.7 Å². The molecule has 0 spiro atoms. The fraction of sp³-hybridized carbons (Fsp3) is 0.0870. The van der Waals surface area contributed by atoms with Crippen LogP contribution in [0.4, 0.5) is 0 Å². The molecule has 6 nitrogen and oxygen atoms in total. The summed E-state index contributed by atoms with van der Waals surface area (Å²) in [7, 11) is 2.89. The molecular weight excluding hydrogens is 400 g/mol. The summed E-state index contributed by atoms with van der Waals surface area (Å²) in [5.41, 5.74) is 2.50. The summed E-state index contributed by atoms with van der Waals surface area (Å²) in [6, 6.07) is 15.0. The Morgan fingerprint density at radius 3 is 2.67 bits per heavy atom. The molecular formula is C23H18N2O4S. The first-order chi connectivity index (χ1) is 14.7. The first-order valence-corrected chi connectivity index (χ1v) is 10.0. The number of nitrogens with zero attached hydrogens (tertiary/aromatic N) is 2. The molecule has 0 amide bonds. The zero-order chi connectivity index (χ0) is 20.9.